The van der Waals surface area contributed by atoms with E-state index in [9.17, 15) is 0 Å². The standard InChI is InChI=1S/C48H32N2/c1-3-15-33(16-4-1)34-27-29-36(30-28-34)49-44-24-12-10-22-40(44)42-32-48-43(31-47(42)49)41-23-11-14-26-46(41)50(48)45-25-13-9-21-39(45)38-20-8-7-19-37(38)35-17-5-2-6-18-35/h1-32H. The molecule has 0 spiro atoms. The summed E-state index contributed by atoms with van der Waals surface area (Å²) in [5, 5.41) is 4.97. The van der Waals surface area contributed by atoms with Crippen LogP contribution >= 0.6 is 0 Å². The Labute approximate surface area is 290 Å². The number of para-hydroxylation sites is 3. The van der Waals surface area contributed by atoms with Crippen molar-refractivity contribution in [3.63, 3.8) is 0 Å². The van der Waals surface area contributed by atoms with E-state index in [-0.39, 0.29) is 0 Å². The number of nitrogens with zero attached hydrogens (tertiary/aromatic N) is 2. The van der Waals surface area contributed by atoms with E-state index in [0.29, 0.717) is 0 Å². The predicted octanol–water partition coefficient (Wildman–Crippen LogP) is 12.9. The molecule has 0 saturated heterocycles. The van der Waals surface area contributed by atoms with E-state index in [1.54, 1.807) is 0 Å². The largest absolute Gasteiger partial charge is 0.309 e. The molecule has 0 aliphatic heterocycles. The lowest BCUT2D eigenvalue weighted by Crippen LogP contribution is -1.98. The van der Waals surface area contributed by atoms with Crippen LogP contribution in [0.25, 0.3) is 88.4 Å². The fourth-order valence-corrected chi connectivity index (χ4v) is 7.89. The number of aromatic nitrogens is 2. The smallest absolute Gasteiger partial charge is 0.0549 e. The van der Waals surface area contributed by atoms with Crippen molar-refractivity contribution in [2.24, 2.45) is 0 Å². The minimum Gasteiger partial charge on any atom is -0.309 e. The van der Waals surface area contributed by atoms with E-state index in [1.165, 1.54) is 82.7 Å². The van der Waals surface area contributed by atoms with Gasteiger partial charge >= 0.3 is 0 Å². The molecule has 10 aromatic rings. The summed E-state index contributed by atoms with van der Waals surface area (Å²) in [6, 6.07) is 70.4. The molecule has 0 aliphatic carbocycles. The molecule has 0 atom stereocenters. The SMILES string of the molecule is c1ccc(-c2ccc(-n3c4ccccc4c4cc5c(cc43)c3ccccc3n5-c3ccccc3-c3ccccc3-c3ccccc3)cc2)cc1. The molecule has 0 amide bonds. The second-order valence-corrected chi connectivity index (χ2v) is 12.9. The van der Waals surface area contributed by atoms with Crippen LogP contribution in [0.15, 0.2) is 194 Å². The number of hydrogen-bond acceptors (Lipinski definition) is 0. The molecule has 0 aliphatic rings. The molecular weight excluding hydrogens is 605 g/mol. The Morgan fingerprint density at radius 3 is 1.38 bits per heavy atom. The van der Waals surface area contributed by atoms with Gasteiger partial charge in [-0.15, -0.1) is 0 Å². The molecule has 10 rings (SSSR count). The summed E-state index contributed by atoms with van der Waals surface area (Å²) in [7, 11) is 0. The quantitative estimate of drug-likeness (QED) is 0.178. The molecule has 8 aromatic carbocycles. The van der Waals surface area contributed by atoms with Crippen molar-refractivity contribution in [2.45, 2.75) is 0 Å². The molecular formula is C48H32N2. The van der Waals surface area contributed by atoms with Gasteiger partial charge in [0.25, 0.3) is 0 Å². The van der Waals surface area contributed by atoms with Crippen molar-refractivity contribution in [1.82, 2.24) is 9.13 Å². The van der Waals surface area contributed by atoms with Crippen molar-refractivity contribution in [3.05, 3.63) is 194 Å². The average molecular weight is 637 g/mol. The maximum absolute atomic E-state index is 2.47. The van der Waals surface area contributed by atoms with Crippen LogP contribution < -0.4 is 0 Å². The summed E-state index contributed by atoms with van der Waals surface area (Å²) in [5.41, 5.74) is 14.4. The number of fused-ring (bicyclic) bond motifs is 6. The highest BCUT2D eigenvalue weighted by molar-refractivity contribution is 6.19. The van der Waals surface area contributed by atoms with Gasteiger partial charge in [0.15, 0.2) is 0 Å². The van der Waals surface area contributed by atoms with E-state index in [4.69, 9.17) is 0 Å². The predicted molar refractivity (Wildman–Crippen MR) is 211 cm³/mol. The summed E-state index contributed by atoms with van der Waals surface area (Å²) < 4.78 is 4.90. The second-order valence-electron chi connectivity index (χ2n) is 12.9. The normalized spacial score (nSPS) is 11.6. The van der Waals surface area contributed by atoms with Crippen LogP contribution in [0.1, 0.15) is 0 Å². The van der Waals surface area contributed by atoms with E-state index < -0.39 is 0 Å². The Kier molecular flexibility index (Phi) is 6.53. The van der Waals surface area contributed by atoms with Gasteiger partial charge < -0.3 is 9.13 Å². The van der Waals surface area contributed by atoms with Crippen LogP contribution in [0.3, 0.4) is 0 Å². The van der Waals surface area contributed by atoms with E-state index >= 15 is 0 Å². The Balaban J connectivity index is 1.24. The number of rotatable bonds is 5. The zero-order chi connectivity index (χ0) is 33.0. The van der Waals surface area contributed by atoms with Crippen LogP contribution in [0, 0.1) is 0 Å². The minimum atomic E-state index is 1.15. The first-order valence-electron chi connectivity index (χ1n) is 17.2. The van der Waals surface area contributed by atoms with Crippen molar-refractivity contribution in [2.75, 3.05) is 0 Å². The van der Waals surface area contributed by atoms with Crippen LogP contribution in [0.2, 0.25) is 0 Å². The lowest BCUT2D eigenvalue weighted by Gasteiger charge is -2.17. The second kappa shape index (κ2) is 11.5. The van der Waals surface area contributed by atoms with Gasteiger partial charge in [-0.3, -0.25) is 0 Å². The highest BCUT2D eigenvalue weighted by Crippen LogP contribution is 2.42. The Bertz CT molecular complexity index is 2840. The van der Waals surface area contributed by atoms with E-state index in [0.717, 1.165) is 5.69 Å². The van der Waals surface area contributed by atoms with Gasteiger partial charge in [-0.25, -0.2) is 0 Å². The summed E-state index contributed by atoms with van der Waals surface area (Å²) >= 11 is 0. The fraction of sp³-hybridized carbons (Fsp3) is 0. The van der Waals surface area contributed by atoms with Crippen LogP contribution in [0.4, 0.5) is 0 Å². The summed E-state index contributed by atoms with van der Waals surface area (Å²) in [6.45, 7) is 0. The zero-order valence-corrected chi connectivity index (χ0v) is 27.4. The molecule has 50 heavy (non-hydrogen) atoms. The third kappa shape index (κ3) is 4.43. The Hall–Kier alpha value is -6.64. The fourth-order valence-electron chi connectivity index (χ4n) is 7.89. The van der Waals surface area contributed by atoms with Crippen molar-refractivity contribution in [3.8, 4) is 44.8 Å². The van der Waals surface area contributed by atoms with Crippen molar-refractivity contribution in [1.29, 1.82) is 0 Å². The average Bonchev–Trinajstić information content (AvgIpc) is 3.69. The molecule has 0 saturated carbocycles. The first-order valence-corrected chi connectivity index (χ1v) is 17.2. The summed E-state index contributed by atoms with van der Waals surface area (Å²) in [5.74, 6) is 0. The molecule has 0 radical (unpaired) electrons. The monoisotopic (exact) mass is 636 g/mol. The molecule has 0 fully saturated rings. The highest BCUT2D eigenvalue weighted by Gasteiger charge is 2.20. The molecule has 0 bridgehead atoms. The van der Waals surface area contributed by atoms with Gasteiger partial charge in [0.1, 0.15) is 0 Å². The van der Waals surface area contributed by atoms with Gasteiger partial charge in [0, 0.05) is 32.8 Å². The maximum Gasteiger partial charge on any atom is 0.0549 e. The Morgan fingerprint density at radius 1 is 0.260 bits per heavy atom. The van der Waals surface area contributed by atoms with Crippen LogP contribution in [-0.2, 0) is 0 Å². The van der Waals surface area contributed by atoms with Crippen LogP contribution in [-0.4, -0.2) is 9.13 Å². The lowest BCUT2D eigenvalue weighted by atomic mass is 9.93. The third-order valence-corrected chi connectivity index (χ3v) is 10.1. The Morgan fingerprint density at radius 2 is 0.720 bits per heavy atom. The molecule has 2 heteroatoms. The van der Waals surface area contributed by atoms with Crippen molar-refractivity contribution < 1.29 is 0 Å². The highest BCUT2D eigenvalue weighted by atomic mass is 15.0. The van der Waals surface area contributed by atoms with Gasteiger partial charge in [0.05, 0.1) is 27.8 Å². The van der Waals surface area contributed by atoms with Gasteiger partial charge in [-0.05, 0) is 70.3 Å². The first kappa shape index (κ1) is 28.4. The van der Waals surface area contributed by atoms with Gasteiger partial charge in [-0.2, -0.15) is 0 Å². The van der Waals surface area contributed by atoms with Crippen molar-refractivity contribution >= 4 is 43.6 Å². The molecule has 0 N–H and O–H groups in total. The third-order valence-electron chi connectivity index (χ3n) is 10.1. The minimum absolute atomic E-state index is 1.15. The topological polar surface area (TPSA) is 9.86 Å². The van der Waals surface area contributed by atoms with Crippen LogP contribution in [0.5, 0.6) is 0 Å². The van der Waals surface area contributed by atoms with E-state index in [2.05, 4.69) is 203 Å². The molecule has 2 nitrogen and oxygen atoms in total. The maximum atomic E-state index is 2.47. The molecule has 234 valence electrons. The van der Waals surface area contributed by atoms with E-state index in [1.807, 2.05) is 0 Å². The number of benzene rings is 8. The first-order chi connectivity index (χ1) is 24.8. The molecule has 2 aromatic heterocycles. The zero-order valence-electron chi connectivity index (χ0n) is 27.4. The lowest BCUT2D eigenvalue weighted by molar-refractivity contribution is 1.18. The molecule has 0 unspecified atom stereocenters. The van der Waals surface area contributed by atoms with Gasteiger partial charge in [-0.1, -0.05) is 152 Å². The number of hydrogen-bond donors (Lipinski definition) is 0. The summed E-state index contributed by atoms with van der Waals surface area (Å²) in [6.07, 6.45) is 0. The van der Waals surface area contributed by atoms with Gasteiger partial charge in [0.2, 0.25) is 0 Å². The molecule has 2 heterocycles. The summed E-state index contributed by atoms with van der Waals surface area (Å²) in [4.78, 5) is 0.